The van der Waals surface area contributed by atoms with E-state index in [9.17, 15) is 22.4 Å². The van der Waals surface area contributed by atoms with E-state index in [0.29, 0.717) is 18.7 Å². The number of nitrogens with one attached hydrogen (secondary N) is 1. The van der Waals surface area contributed by atoms with Crippen molar-refractivity contribution in [3.63, 3.8) is 0 Å². The Hall–Kier alpha value is -4.46. The van der Waals surface area contributed by atoms with E-state index in [0.717, 1.165) is 39.7 Å². The van der Waals surface area contributed by atoms with Crippen molar-refractivity contribution in [2.45, 2.75) is 31.6 Å². The van der Waals surface area contributed by atoms with Crippen LogP contribution in [0.15, 0.2) is 104 Å². The summed E-state index contributed by atoms with van der Waals surface area (Å²) in [5.74, 6) is -1.05. The smallest absolute Gasteiger partial charge is 0.352 e. The van der Waals surface area contributed by atoms with Crippen molar-refractivity contribution in [1.29, 1.82) is 0 Å². The number of carbonyl (C=O) groups excluding carboxylic acids is 1. The highest BCUT2D eigenvalue weighted by Crippen LogP contribution is 2.37. The fourth-order valence-electron chi connectivity index (χ4n) is 4.74. The number of benzene rings is 3. The molecule has 1 amide bonds. The highest BCUT2D eigenvalue weighted by atomic mass is 19.4. The second-order valence-corrected chi connectivity index (χ2v) is 9.36. The number of halogens is 4. The SMILES string of the molecule is O=C(C[C@@H](c1ccc(C(F)(F)F)cc1)c1cn(Cc2ccc(F)cc2)c2ccccc12)NCc1ccncc1. The monoisotopic (exact) mass is 531 g/mol. The number of hydrogen-bond acceptors (Lipinski definition) is 2. The third-order valence-electron chi connectivity index (χ3n) is 6.73. The molecule has 0 radical (unpaired) electrons. The molecule has 0 spiro atoms. The van der Waals surface area contributed by atoms with Crippen LogP contribution >= 0.6 is 0 Å². The van der Waals surface area contributed by atoms with E-state index in [-0.39, 0.29) is 18.1 Å². The van der Waals surface area contributed by atoms with E-state index in [2.05, 4.69) is 10.3 Å². The minimum absolute atomic E-state index is 0.0427. The van der Waals surface area contributed by atoms with Crippen molar-refractivity contribution in [1.82, 2.24) is 14.9 Å². The molecule has 198 valence electrons. The van der Waals surface area contributed by atoms with E-state index in [1.54, 1.807) is 36.7 Å². The zero-order valence-corrected chi connectivity index (χ0v) is 20.8. The fourth-order valence-corrected chi connectivity index (χ4v) is 4.74. The standard InChI is InChI=1S/C31H25F4N3O/c32-25-11-5-22(6-12-25)19-38-20-28(26-3-1-2-4-29(26)38)27(23-7-9-24(10-8-23)31(33,34)35)17-30(39)37-18-21-13-15-36-16-14-21/h1-16,20,27H,17-19H2,(H,37,39)/t27-/m0/s1. The van der Waals surface area contributed by atoms with Gasteiger partial charge < -0.3 is 9.88 Å². The number of aromatic nitrogens is 2. The van der Waals surface area contributed by atoms with Gasteiger partial charge in [0.05, 0.1) is 5.56 Å². The number of hydrogen-bond donors (Lipinski definition) is 1. The second kappa shape index (κ2) is 11.1. The molecule has 1 N–H and O–H groups in total. The Bertz CT molecular complexity index is 1560. The zero-order chi connectivity index (χ0) is 27.4. The van der Waals surface area contributed by atoms with Crippen molar-refractivity contribution in [2.24, 2.45) is 0 Å². The Morgan fingerprint density at radius 3 is 2.26 bits per heavy atom. The molecule has 8 heteroatoms. The van der Waals surface area contributed by atoms with Crippen LogP contribution in [-0.2, 0) is 24.1 Å². The summed E-state index contributed by atoms with van der Waals surface area (Å²) in [6.07, 6.45) is 0.805. The van der Waals surface area contributed by atoms with Crippen LogP contribution in [0.2, 0.25) is 0 Å². The van der Waals surface area contributed by atoms with Crippen LogP contribution in [0.4, 0.5) is 17.6 Å². The average molecular weight is 532 g/mol. The second-order valence-electron chi connectivity index (χ2n) is 9.36. The van der Waals surface area contributed by atoms with Crippen molar-refractivity contribution >= 4 is 16.8 Å². The number of fused-ring (bicyclic) bond motifs is 1. The van der Waals surface area contributed by atoms with Gasteiger partial charge in [-0.2, -0.15) is 13.2 Å². The van der Waals surface area contributed by atoms with Gasteiger partial charge in [0.1, 0.15) is 5.82 Å². The van der Waals surface area contributed by atoms with E-state index in [4.69, 9.17) is 0 Å². The van der Waals surface area contributed by atoms with Crippen LogP contribution in [0.5, 0.6) is 0 Å². The van der Waals surface area contributed by atoms with Crippen LogP contribution in [-0.4, -0.2) is 15.5 Å². The maximum atomic E-state index is 13.5. The molecule has 0 aliphatic rings. The van der Waals surface area contributed by atoms with Gasteiger partial charge in [-0.1, -0.05) is 42.5 Å². The molecular weight excluding hydrogens is 506 g/mol. The van der Waals surface area contributed by atoms with Crippen LogP contribution in [0, 0.1) is 5.82 Å². The van der Waals surface area contributed by atoms with Crippen LogP contribution in [0.3, 0.4) is 0 Å². The van der Waals surface area contributed by atoms with Gasteiger partial charge in [0.25, 0.3) is 0 Å². The van der Waals surface area contributed by atoms with E-state index in [1.807, 2.05) is 35.0 Å². The van der Waals surface area contributed by atoms with Gasteiger partial charge in [0.15, 0.2) is 0 Å². The van der Waals surface area contributed by atoms with E-state index < -0.39 is 17.7 Å². The molecule has 2 aromatic heterocycles. The van der Waals surface area contributed by atoms with Gasteiger partial charge in [-0.15, -0.1) is 0 Å². The van der Waals surface area contributed by atoms with Crippen molar-refractivity contribution in [3.8, 4) is 0 Å². The molecule has 0 unspecified atom stereocenters. The number of para-hydroxylation sites is 1. The zero-order valence-electron chi connectivity index (χ0n) is 20.8. The summed E-state index contributed by atoms with van der Waals surface area (Å²) in [6.45, 7) is 0.780. The first-order valence-corrected chi connectivity index (χ1v) is 12.4. The van der Waals surface area contributed by atoms with E-state index >= 15 is 0 Å². The summed E-state index contributed by atoms with van der Waals surface area (Å²) in [5, 5.41) is 3.81. The molecule has 0 fully saturated rings. The molecule has 4 nitrogen and oxygen atoms in total. The lowest BCUT2D eigenvalue weighted by Gasteiger charge is -2.18. The number of carbonyl (C=O) groups is 1. The molecule has 3 aromatic carbocycles. The molecule has 2 heterocycles. The quantitative estimate of drug-likeness (QED) is 0.218. The van der Waals surface area contributed by atoms with Gasteiger partial charge in [0.2, 0.25) is 5.91 Å². The Kier molecular flexibility index (Phi) is 7.45. The summed E-state index contributed by atoms with van der Waals surface area (Å²) in [4.78, 5) is 17.1. The number of alkyl halides is 3. The van der Waals surface area contributed by atoms with Crippen molar-refractivity contribution < 1.29 is 22.4 Å². The Morgan fingerprint density at radius 2 is 1.56 bits per heavy atom. The maximum Gasteiger partial charge on any atom is 0.416 e. The van der Waals surface area contributed by atoms with E-state index in [1.165, 1.54) is 24.3 Å². The van der Waals surface area contributed by atoms with Gasteiger partial charge >= 0.3 is 6.18 Å². The lowest BCUT2D eigenvalue weighted by atomic mass is 9.87. The normalized spacial score (nSPS) is 12.4. The molecule has 0 aliphatic heterocycles. The van der Waals surface area contributed by atoms with Gasteiger partial charge in [-0.3, -0.25) is 9.78 Å². The molecule has 39 heavy (non-hydrogen) atoms. The minimum atomic E-state index is -4.46. The first-order valence-electron chi connectivity index (χ1n) is 12.4. The topological polar surface area (TPSA) is 46.9 Å². The summed E-state index contributed by atoms with van der Waals surface area (Å²) in [6, 6.07) is 22.5. The molecule has 0 saturated heterocycles. The largest absolute Gasteiger partial charge is 0.416 e. The molecule has 0 saturated carbocycles. The predicted molar refractivity (Wildman–Crippen MR) is 141 cm³/mol. The molecule has 0 aliphatic carbocycles. The van der Waals surface area contributed by atoms with Crippen LogP contribution < -0.4 is 5.32 Å². The molecular formula is C31H25F4N3O. The summed E-state index contributed by atoms with van der Waals surface area (Å²) in [5.41, 5.74) is 3.38. The van der Waals surface area contributed by atoms with Crippen LogP contribution in [0.1, 0.15) is 40.2 Å². The highest BCUT2D eigenvalue weighted by Gasteiger charge is 2.31. The predicted octanol–water partition coefficient (Wildman–Crippen LogP) is 7.08. The average Bonchev–Trinajstić information content (AvgIpc) is 3.30. The lowest BCUT2D eigenvalue weighted by molar-refractivity contribution is -0.137. The molecule has 5 rings (SSSR count). The number of nitrogens with zero attached hydrogens (tertiary/aromatic N) is 2. The molecule has 1 atom stereocenters. The maximum absolute atomic E-state index is 13.5. The summed E-state index contributed by atoms with van der Waals surface area (Å²) < 4.78 is 55.3. The van der Waals surface area contributed by atoms with Gasteiger partial charge in [-0.05, 0) is 64.7 Å². The molecule has 0 bridgehead atoms. The third-order valence-corrected chi connectivity index (χ3v) is 6.73. The van der Waals surface area contributed by atoms with Crippen molar-refractivity contribution in [3.05, 3.63) is 137 Å². The van der Waals surface area contributed by atoms with Gasteiger partial charge in [-0.25, -0.2) is 4.39 Å². The first kappa shape index (κ1) is 26.2. The Labute approximate surface area is 222 Å². The highest BCUT2D eigenvalue weighted by molar-refractivity contribution is 5.86. The number of pyridine rings is 1. The summed E-state index contributed by atoms with van der Waals surface area (Å²) in [7, 11) is 0. The lowest BCUT2D eigenvalue weighted by Crippen LogP contribution is -2.25. The minimum Gasteiger partial charge on any atom is -0.352 e. The number of rotatable bonds is 8. The summed E-state index contributed by atoms with van der Waals surface area (Å²) >= 11 is 0. The molecule has 5 aromatic rings. The van der Waals surface area contributed by atoms with Gasteiger partial charge in [0, 0.05) is 54.9 Å². The van der Waals surface area contributed by atoms with Crippen LogP contribution in [0.25, 0.3) is 10.9 Å². The fraction of sp³-hybridized carbons (Fsp3) is 0.161. The Balaban J connectivity index is 1.51. The Morgan fingerprint density at radius 1 is 0.872 bits per heavy atom. The third kappa shape index (κ3) is 6.17. The van der Waals surface area contributed by atoms with Crippen molar-refractivity contribution in [2.75, 3.05) is 0 Å². The number of amides is 1. The first-order chi connectivity index (χ1) is 18.8.